The molecule has 0 spiro atoms. The Hall–Kier alpha value is -2.72. The highest BCUT2D eigenvalue weighted by Gasteiger charge is 2.30. The van der Waals surface area contributed by atoms with Crippen molar-refractivity contribution in [3.05, 3.63) is 57.8 Å². The summed E-state index contributed by atoms with van der Waals surface area (Å²) in [6, 6.07) is 3.83. The predicted molar refractivity (Wildman–Crippen MR) is 85.3 cm³/mol. The van der Waals surface area contributed by atoms with E-state index < -0.39 is 0 Å². The molecule has 4 heteroatoms. The average Bonchev–Trinajstić information content (AvgIpc) is 2.97. The van der Waals surface area contributed by atoms with E-state index in [4.69, 9.17) is 20.0 Å². The van der Waals surface area contributed by atoms with E-state index in [1.165, 1.54) is 11.1 Å². The SMILES string of the molecule is CCO/C=C1\CCCC2=C1OC1=C(C=C(C#N)C#N)CCC1=C2. The maximum atomic E-state index is 8.96. The Kier molecular flexibility index (Phi) is 4.35. The summed E-state index contributed by atoms with van der Waals surface area (Å²) in [6.07, 6.45) is 10.4. The van der Waals surface area contributed by atoms with Crippen molar-refractivity contribution in [2.24, 2.45) is 0 Å². The van der Waals surface area contributed by atoms with Crippen LogP contribution in [0.2, 0.25) is 0 Å². The summed E-state index contributed by atoms with van der Waals surface area (Å²) in [6.45, 7) is 2.60. The first-order valence-electron chi connectivity index (χ1n) is 7.94. The molecule has 0 bridgehead atoms. The fraction of sp³-hybridized carbons (Fsp3) is 0.368. The maximum Gasteiger partial charge on any atom is 0.136 e. The molecule has 0 aromatic carbocycles. The first-order chi connectivity index (χ1) is 11.3. The molecule has 0 radical (unpaired) electrons. The highest BCUT2D eigenvalue weighted by Crippen LogP contribution is 2.44. The summed E-state index contributed by atoms with van der Waals surface area (Å²) in [5.74, 6) is 1.71. The minimum atomic E-state index is 0.117. The van der Waals surface area contributed by atoms with Crippen LogP contribution in [0.3, 0.4) is 0 Å². The van der Waals surface area contributed by atoms with Gasteiger partial charge in [-0.25, -0.2) is 0 Å². The fourth-order valence-corrected chi connectivity index (χ4v) is 3.15. The van der Waals surface area contributed by atoms with E-state index in [2.05, 4.69) is 6.08 Å². The summed E-state index contributed by atoms with van der Waals surface area (Å²) < 4.78 is 11.7. The molecule has 2 aliphatic carbocycles. The van der Waals surface area contributed by atoms with E-state index in [9.17, 15) is 0 Å². The second kappa shape index (κ2) is 6.58. The van der Waals surface area contributed by atoms with E-state index in [0.717, 1.165) is 54.8 Å². The van der Waals surface area contributed by atoms with Crippen LogP contribution in [0.1, 0.15) is 39.0 Å². The van der Waals surface area contributed by atoms with Crippen molar-refractivity contribution in [3.63, 3.8) is 0 Å². The highest BCUT2D eigenvalue weighted by molar-refractivity contribution is 5.55. The van der Waals surface area contributed by atoms with E-state index in [0.29, 0.717) is 6.61 Å². The van der Waals surface area contributed by atoms with Gasteiger partial charge in [0.05, 0.1) is 12.9 Å². The number of nitrogens with zero attached hydrogens (tertiary/aromatic N) is 2. The van der Waals surface area contributed by atoms with Gasteiger partial charge in [0.1, 0.15) is 29.2 Å². The molecule has 23 heavy (non-hydrogen) atoms. The smallest absolute Gasteiger partial charge is 0.136 e. The lowest BCUT2D eigenvalue weighted by Gasteiger charge is -2.27. The van der Waals surface area contributed by atoms with E-state index in [-0.39, 0.29) is 5.57 Å². The van der Waals surface area contributed by atoms with Gasteiger partial charge in [-0.1, -0.05) is 0 Å². The molecule has 0 saturated carbocycles. The van der Waals surface area contributed by atoms with Crippen molar-refractivity contribution in [2.45, 2.75) is 39.0 Å². The highest BCUT2D eigenvalue weighted by atomic mass is 16.5. The molecule has 0 aromatic heterocycles. The minimum Gasteiger partial charge on any atom is -0.501 e. The van der Waals surface area contributed by atoms with E-state index >= 15 is 0 Å². The number of ether oxygens (including phenoxy) is 2. The largest absolute Gasteiger partial charge is 0.501 e. The molecule has 0 fully saturated rings. The molecule has 0 N–H and O–H groups in total. The van der Waals surface area contributed by atoms with Crippen LogP contribution in [-0.2, 0) is 9.47 Å². The molecule has 0 atom stereocenters. The van der Waals surface area contributed by atoms with Crippen LogP contribution in [0.25, 0.3) is 0 Å². The number of fused-ring (bicyclic) bond motifs is 1. The van der Waals surface area contributed by atoms with E-state index in [1.807, 2.05) is 19.1 Å². The third-order valence-electron chi connectivity index (χ3n) is 4.23. The Morgan fingerprint density at radius 3 is 2.78 bits per heavy atom. The molecule has 0 aromatic rings. The number of allylic oxidation sites excluding steroid dienone is 7. The molecule has 3 aliphatic rings. The molecule has 0 unspecified atom stereocenters. The summed E-state index contributed by atoms with van der Waals surface area (Å²) in [5.41, 5.74) is 4.54. The fourth-order valence-electron chi connectivity index (χ4n) is 3.15. The third-order valence-corrected chi connectivity index (χ3v) is 4.23. The van der Waals surface area contributed by atoms with Crippen LogP contribution in [0.4, 0.5) is 0 Å². The molecular weight excluding hydrogens is 288 g/mol. The zero-order valence-electron chi connectivity index (χ0n) is 13.2. The van der Waals surface area contributed by atoms with Crippen molar-refractivity contribution in [1.82, 2.24) is 0 Å². The maximum absolute atomic E-state index is 8.96. The summed E-state index contributed by atoms with van der Waals surface area (Å²) >= 11 is 0. The Bertz CT molecular complexity index is 748. The van der Waals surface area contributed by atoms with Gasteiger partial charge in [-0.15, -0.1) is 0 Å². The van der Waals surface area contributed by atoms with Crippen molar-refractivity contribution in [1.29, 1.82) is 10.5 Å². The Balaban J connectivity index is 1.98. The molecule has 3 rings (SSSR count). The molecule has 4 nitrogen and oxygen atoms in total. The second-order valence-corrected chi connectivity index (χ2v) is 5.71. The predicted octanol–water partition coefficient (Wildman–Crippen LogP) is 4.32. The van der Waals surface area contributed by atoms with Gasteiger partial charge in [0, 0.05) is 5.57 Å². The number of hydrogen-bond acceptors (Lipinski definition) is 4. The Labute approximate surface area is 136 Å². The molecule has 0 saturated heterocycles. The topological polar surface area (TPSA) is 66.0 Å². The van der Waals surface area contributed by atoms with Gasteiger partial charge in [-0.05, 0) is 67.9 Å². The van der Waals surface area contributed by atoms with Gasteiger partial charge < -0.3 is 9.47 Å². The van der Waals surface area contributed by atoms with Gasteiger partial charge in [-0.2, -0.15) is 10.5 Å². The minimum absolute atomic E-state index is 0.117. The quantitative estimate of drug-likeness (QED) is 0.575. The van der Waals surface area contributed by atoms with Crippen LogP contribution in [0.5, 0.6) is 0 Å². The molecular formula is C19H18N2O2. The number of rotatable bonds is 3. The average molecular weight is 306 g/mol. The lowest BCUT2D eigenvalue weighted by Crippen LogP contribution is -2.11. The summed E-state index contributed by atoms with van der Waals surface area (Å²) in [7, 11) is 0. The van der Waals surface area contributed by atoms with Gasteiger partial charge in [0.2, 0.25) is 0 Å². The van der Waals surface area contributed by atoms with Gasteiger partial charge in [-0.3, -0.25) is 0 Å². The molecule has 1 aliphatic heterocycles. The van der Waals surface area contributed by atoms with Crippen LogP contribution < -0.4 is 0 Å². The van der Waals surface area contributed by atoms with Crippen LogP contribution in [-0.4, -0.2) is 6.61 Å². The van der Waals surface area contributed by atoms with Gasteiger partial charge in [0.25, 0.3) is 0 Å². The van der Waals surface area contributed by atoms with Gasteiger partial charge >= 0.3 is 0 Å². The molecule has 116 valence electrons. The summed E-state index contributed by atoms with van der Waals surface area (Å²) in [4.78, 5) is 0. The standard InChI is InChI=1S/C19H18N2O2/c1-2-22-12-17-5-3-4-14-9-16-7-6-15(8-13(10-20)11-21)18(16)23-19(14)17/h8-9,12H,2-7H2,1H3/b17-12+. The van der Waals surface area contributed by atoms with E-state index in [1.54, 1.807) is 12.3 Å². The van der Waals surface area contributed by atoms with Crippen LogP contribution in [0, 0.1) is 22.7 Å². The normalized spacial score (nSPS) is 20.8. The monoisotopic (exact) mass is 306 g/mol. The number of nitriles is 2. The van der Waals surface area contributed by atoms with Crippen molar-refractivity contribution in [2.75, 3.05) is 6.61 Å². The first-order valence-corrected chi connectivity index (χ1v) is 7.94. The van der Waals surface area contributed by atoms with Gasteiger partial charge in [0.15, 0.2) is 0 Å². The molecule has 1 heterocycles. The van der Waals surface area contributed by atoms with Crippen molar-refractivity contribution in [3.8, 4) is 12.1 Å². The Morgan fingerprint density at radius 1 is 1.22 bits per heavy atom. The number of hydrogen-bond donors (Lipinski definition) is 0. The molecule has 0 amide bonds. The summed E-state index contributed by atoms with van der Waals surface area (Å²) in [5, 5.41) is 17.9. The van der Waals surface area contributed by atoms with Crippen LogP contribution >= 0.6 is 0 Å². The van der Waals surface area contributed by atoms with Crippen molar-refractivity contribution >= 4 is 0 Å². The first kappa shape index (κ1) is 15.2. The zero-order valence-corrected chi connectivity index (χ0v) is 13.2. The lowest BCUT2D eigenvalue weighted by molar-refractivity contribution is 0.254. The second-order valence-electron chi connectivity index (χ2n) is 5.71. The Morgan fingerprint density at radius 2 is 2.04 bits per heavy atom. The van der Waals surface area contributed by atoms with Crippen molar-refractivity contribution < 1.29 is 9.47 Å². The lowest BCUT2D eigenvalue weighted by atomic mass is 9.90. The van der Waals surface area contributed by atoms with Crippen LogP contribution in [0.15, 0.2) is 57.8 Å². The zero-order chi connectivity index (χ0) is 16.2. The third kappa shape index (κ3) is 2.94.